The number of methoxy groups -OCH3 is 1. The minimum absolute atomic E-state index is 0.446. The van der Waals surface area contributed by atoms with Crippen LogP contribution in [0, 0.1) is 5.92 Å². The zero-order valence-corrected chi connectivity index (χ0v) is 13.7. The molecule has 0 aliphatic rings. The van der Waals surface area contributed by atoms with E-state index >= 15 is 0 Å². The van der Waals surface area contributed by atoms with Crippen LogP contribution in [0.1, 0.15) is 63.8 Å². The highest BCUT2D eigenvalue weighted by Crippen LogP contribution is 2.35. The number of hydrogen-bond acceptors (Lipinski definition) is 3. The number of ether oxygens (including phenoxy) is 1. The van der Waals surface area contributed by atoms with Crippen LogP contribution in [-0.2, 0) is 0 Å². The fraction of sp³-hybridized carbons (Fsp3) is 0.750. The van der Waals surface area contributed by atoms with Crippen molar-refractivity contribution in [1.29, 1.82) is 0 Å². The summed E-state index contributed by atoms with van der Waals surface area (Å²) in [6.07, 6.45) is 6.49. The molecule has 3 heteroatoms. The third-order valence-electron chi connectivity index (χ3n) is 3.76. The first-order valence-electron chi connectivity index (χ1n) is 7.61. The minimum Gasteiger partial charge on any atom is -0.496 e. The van der Waals surface area contributed by atoms with E-state index < -0.39 is 0 Å². The Morgan fingerprint density at radius 2 is 2.11 bits per heavy atom. The molecule has 2 atom stereocenters. The molecule has 2 nitrogen and oxygen atoms in total. The average molecular weight is 283 g/mol. The zero-order valence-electron chi connectivity index (χ0n) is 12.9. The molecule has 0 aromatic carbocycles. The summed E-state index contributed by atoms with van der Waals surface area (Å²) in [6.45, 7) is 7.78. The van der Waals surface area contributed by atoms with Crippen molar-refractivity contribution in [3.8, 4) is 5.75 Å². The van der Waals surface area contributed by atoms with E-state index in [1.807, 2.05) is 11.3 Å². The second-order valence-electron chi connectivity index (χ2n) is 5.12. The Morgan fingerprint density at radius 3 is 2.68 bits per heavy atom. The highest BCUT2D eigenvalue weighted by molar-refractivity contribution is 7.10. The third kappa shape index (κ3) is 5.15. The summed E-state index contributed by atoms with van der Waals surface area (Å²) in [4.78, 5) is 1.36. The van der Waals surface area contributed by atoms with Gasteiger partial charge in [-0.3, -0.25) is 0 Å². The Morgan fingerprint density at radius 1 is 1.32 bits per heavy atom. The Kier molecular flexibility index (Phi) is 8.15. The number of nitrogens with one attached hydrogen (secondary N) is 1. The van der Waals surface area contributed by atoms with Crippen LogP contribution in [0.5, 0.6) is 5.75 Å². The van der Waals surface area contributed by atoms with Crippen molar-refractivity contribution in [3.63, 3.8) is 0 Å². The lowest BCUT2D eigenvalue weighted by molar-refractivity contribution is 0.348. The van der Waals surface area contributed by atoms with E-state index in [1.54, 1.807) is 7.11 Å². The highest BCUT2D eigenvalue weighted by Gasteiger charge is 2.20. The molecule has 0 amide bonds. The average Bonchev–Trinajstić information content (AvgIpc) is 2.90. The molecule has 1 rings (SSSR count). The lowest BCUT2D eigenvalue weighted by atomic mass is 9.91. The molecule has 0 radical (unpaired) electrons. The van der Waals surface area contributed by atoms with Gasteiger partial charge >= 0.3 is 0 Å². The molecule has 1 heterocycles. The first kappa shape index (κ1) is 16.5. The van der Waals surface area contributed by atoms with Crippen LogP contribution in [0.25, 0.3) is 0 Å². The topological polar surface area (TPSA) is 21.3 Å². The van der Waals surface area contributed by atoms with Crippen molar-refractivity contribution in [2.24, 2.45) is 5.92 Å². The number of unbranched alkanes of at least 4 members (excludes halogenated alkanes) is 1. The first-order valence-corrected chi connectivity index (χ1v) is 8.49. The van der Waals surface area contributed by atoms with Crippen LogP contribution < -0.4 is 10.1 Å². The predicted molar refractivity (Wildman–Crippen MR) is 85.2 cm³/mol. The molecule has 2 unspecified atom stereocenters. The molecule has 0 saturated heterocycles. The van der Waals surface area contributed by atoms with E-state index in [4.69, 9.17) is 4.74 Å². The molecule has 19 heavy (non-hydrogen) atoms. The van der Waals surface area contributed by atoms with Crippen LogP contribution in [0.3, 0.4) is 0 Å². The quantitative estimate of drug-likeness (QED) is 0.651. The maximum atomic E-state index is 5.48. The smallest absolute Gasteiger partial charge is 0.134 e. The number of thiophene rings is 1. The summed E-state index contributed by atoms with van der Waals surface area (Å²) in [5.41, 5.74) is 0. The van der Waals surface area contributed by atoms with Crippen molar-refractivity contribution >= 4 is 11.3 Å². The van der Waals surface area contributed by atoms with Gasteiger partial charge in [-0.1, -0.05) is 46.5 Å². The van der Waals surface area contributed by atoms with E-state index in [0.29, 0.717) is 6.04 Å². The van der Waals surface area contributed by atoms with Crippen LogP contribution in [-0.4, -0.2) is 13.7 Å². The summed E-state index contributed by atoms with van der Waals surface area (Å²) in [7, 11) is 1.77. The first-order chi connectivity index (χ1) is 9.26. The Hall–Kier alpha value is -0.540. The van der Waals surface area contributed by atoms with Gasteiger partial charge in [0.2, 0.25) is 0 Å². The predicted octanol–water partition coefficient (Wildman–Crippen LogP) is 5.01. The maximum Gasteiger partial charge on any atom is 0.134 e. The molecule has 0 bridgehead atoms. The van der Waals surface area contributed by atoms with Gasteiger partial charge in [-0.05, 0) is 30.3 Å². The third-order valence-corrected chi connectivity index (χ3v) is 4.77. The molecule has 1 aromatic heterocycles. The van der Waals surface area contributed by atoms with Gasteiger partial charge in [0.15, 0.2) is 0 Å². The minimum atomic E-state index is 0.446. The van der Waals surface area contributed by atoms with Crippen molar-refractivity contribution < 1.29 is 4.74 Å². The molecular weight excluding hydrogens is 254 g/mol. The van der Waals surface area contributed by atoms with Crippen LogP contribution in [0.15, 0.2) is 11.4 Å². The van der Waals surface area contributed by atoms with Crippen LogP contribution in [0.2, 0.25) is 0 Å². The SMILES string of the molecule is CCCCC(CC)CC(NCC)c1sccc1OC. The molecule has 0 aliphatic carbocycles. The van der Waals surface area contributed by atoms with Gasteiger partial charge in [0.1, 0.15) is 5.75 Å². The molecule has 0 aliphatic heterocycles. The standard InChI is InChI=1S/C16H29NOS/c1-5-8-9-13(6-2)12-14(17-7-3)16-15(18-4)10-11-19-16/h10-11,13-14,17H,5-9,12H2,1-4H3. The highest BCUT2D eigenvalue weighted by atomic mass is 32.1. The summed E-state index contributed by atoms with van der Waals surface area (Å²) in [5, 5.41) is 5.76. The fourth-order valence-electron chi connectivity index (χ4n) is 2.58. The Balaban J connectivity index is 2.70. The number of rotatable bonds is 10. The van der Waals surface area contributed by atoms with Gasteiger partial charge in [0.05, 0.1) is 12.0 Å². The van der Waals surface area contributed by atoms with Crippen molar-refractivity contribution in [3.05, 3.63) is 16.3 Å². The summed E-state index contributed by atoms with van der Waals surface area (Å²) in [6, 6.07) is 2.53. The van der Waals surface area contributed by atoms with Gasteiger partial charge in [0.25, 0.3) is 0 Å². The van der Waals surface area contributed by atoms with Crippen LogP contribution in [0.4, 0.5) is 0 Å². The Labute approximate surface area is 122 Å². The van der Waals surface area contributed by atoms with E-state index in [2.05, 4.69) is 37.5 Å². The van der Waals surface area contributed by atoms with Gasteiger partial charge in [-0.2, -0.15) is 0 Å². The molecule has 0 saturated carbocycles. The van der Waals surface area contributed by atoms with Crippen molar-refractivity contribution in [1.82, 2.24) is 5.32 Å². The van der Waals surface area contributed by atoms with E-state index in [0.717, 1.165) is 18.2 Å². The van der Waals surface area contributed by atoms with Crippen molar-refractivity contribution in [2.75, 3.05) is 13.7 Å². The molecular formula is C16H29NOS. The lowest BCUT2D eigenvalue weighted by Crippen LogP contribution is -2.23. The second kappa shape index (κ2) is 9.38. The lowest BCUT2D eigenvalue weighted by Gasteiger charge is -2.23. The largest absolute Gasteiger partial charge is 0.496 e. The molecule has 0 fully saturated rings. The number of hydrogen-bond donors (Lipinski definition) is 1. The Bertz CT molecular complexity index is 337. The maximum absolute atomic E-state index is 5.48. The monoisotopic (exact) mass is 283 g/mol. The summed E-state index contributed by atoms with van der Waals surface area (Å²) < 4.78 is 5.48. The molecule has 110 valence electrons. The molecule has 1 N–H and O–H groups in total. The van der Waals surface area contributed by atoms with Gasteiger partial charge in [-0.15, -0.1) is 11.3 Å². The van der Waals surface area contributed by atoms with Gasteiger partial charge in [0, 0.05) is 6.04 Å². The second-order valence-corrected chi connectivity index (χ2v) is 6.06. The molecule has 1 aromatic rings. The van der Waals surface area contributed by atoms with Crippen molar-refractivity contribution in [2.45, 2.75) is 58.9 Å². The van der Waals surface area contributed by atoms with E-state index in [1.165, 1.54) is 37.0 Å². The summed E-state index contributed by atoms with van der Waals surface area (Å²) in [5.74, 6) is 1.86. The normalized spacial score (nSPS) is 14.3. The van der Waals surface area contributed by atoms with Gasteiger partial charge in [-0.25, -0.2) is 0 Å². The van der Waals surface area contributed by atoms with E-state index in [-0.39, 0.29) is 0 Å². The van der Waals surface area contributed by atoms with E-state index in [9.17, 15) is 0 Å². The fourth-order valence-corrected chi connectivity index (χ4v) is 3.53. The van der Waals surface area contributed by atoms with Crippen LogP contribution >= 0.6 is 11.3 Å². The van der Waals surface area contributed by atoms with Gasteiger partial charge < -0.3 is 10.1 Å². The summed E-state index contributed by atoms with van der Waals surface area (Å²) >= 11 is 1.81. The molecule has 0 spiro atoms. The zero-order chi connectivity index (χ0) is 14.1.